The number of benzene rings is 1. The molecule has 166 valence electrons. The molecule has 0 aliphatic carbocycles. The smallest absolute Gasteiger partial charge is 0.170 e. The van der Waals surface area contributed by atoms with Gasteiger partial charge in [-0.15, -0.1) is 0 Å². The molecule has 8 nitrogen and oxygen atoms in total. The molecule has 3 rings (SSSR count). The van der Waals surface area contributed by atoms with E-state index < -0.39 is 0 Å². The minimum absolute atomic E-state index is 0.629. The molecule has 2 aliphatic heterocycles. The number of anilines is 2. The molecular weight excluding hydrogens is 420 g/mol. The van der Waals surface area contributed by atoms with Crippen LogP contribution >= 0.6 is 24.4 Å². The summed E-state index contributed by atoms with van der Waals surface area (Å²) in [5.41, 5.74) is 1.88. The van der Waals surface area contributed by atoms with Gasteiger partial charge in [-0.25, -0.2) is 0 Å². The Kier molecular flexibility index (Phi) is 10.0. The first-order valence-electron chi connectivity index (χ1n) is 10.5. The largest absolute Gasteiger partial charge is 0.379 e. The Morgan fingerprint density at radius 3 is 1.43 bits per heavy atom. The second-order valence-corrected chi connectivity index (χ2v) is 8.06. The van der Waals surface area contributed by atoms with Gasteiger partial charge in [0.15, 0.2) is 10.2 Å². The summed E-state index contributed by atoms with van der Waals surface area (Å²) in [6.07, 6.45) is 0. The second kappa shape index (κ2) is 13.0. The predicted octanol–water partition coefficient (Wildman–Crippen LogP) is 0.924. The van der Waals surface area contributed by atoms with E-state index in [0.717, 1.165) is 90.2 Å². The van der Waals surface area contributed by atoms with Gasteiger partial charge in [0.2, 0.25) is 0 Å². The third-order valence-corrected chi connectivity index (χ3v) is 5.53. The summed E-state index contributed by atoms with van der Waals surface area (Å²) in [5, 5.41) is 14.2. The van der Waals surface area contributed by atoms with Crippen molar-refractivity contribution in [1.29, 1.82) is 0 Å². The van der Waals surface area contributed by atoms with Gasteiger partial charge in [-0.05, 0) is 48.7 Å². The number of nitrogens with zero attached hydrogens (tertiary/aromatic N) is 2. The van der Waals surface area contributed by atoms with Crippen LogP contribution in [0.2, 0.25) is 0 Å². The predicted molar refractivity (Wildman–Crippen MR) is 129 cm³/mol. The number of nitrogens with one attached hydrogen (secondary N) is 4. The molecule has 2 saturated heterocycles. The summed E-state index contributed by atoms with van der Waals surface area (Å²) < 4.78 is 10.7. The molecule has 0 atom stereocenters. The summed E-state index contributed by atoms with van der Waals surface area (Å²) in [7, 11) is 0. The lowest BCUT2D eigenvalue weighted by molar-refractivity contribution is 0.0389. The van der Waals surface area contributed by atoms with Crippen LogP contribution in [0, 0.1) is 0 Å². The summed E-state index contributed by atoms with van der Waals surface area (Å²) in [6.45, 7) is 10.8. The van der Waals surface area contributed by atoms with Gasteiger partial charge in [-0.3, -0.25) is 9.80 Å². The van der Waals surface area contributed by atoms with Crippen LogP contribution < -0.4 is 21.3 Å². The van der Waals surface area contributed by atoms with E-state index in [2.05, 4.69) is 31.1 Å². The number of ether oxygens (including phenoxy) is 2. The Balaban J connectivity index is 1.29. The zero-order valence-electron chi connectivity index (χ0n) is 17.3. The molecule has 0 saturated carbocycles. The highest BCUT2D eigenvalue weighted by Crippen LogP contribution is 2.13. The summed E-state index contributed by atoms with van der Waals surface area (Å²) in [6, 6.07) is 7.92. The minimum atomic E-state index is 0.629. The third kappa shape index (κ3) is 8.66. The maximum Gasteiger partial charge on any atom is 0.170 e. The van der Waals surface area contributed by atoms with Crippen LogP contribution in [-0.4, -0.2) is 98.8 Å². The molecule has 4 N–H and O–H groups in total. The Labute approximate surface area is 189 Å². The maximum atomic E-state index is 5.38. The van der Waals surface area contributed by atoms with Crippen LogP contribution in [0.25, 0.3) is 0 Å². The fraction of sp³-hybridized carbons (Fsp3) is 0.600. The van der Waals surface area contributed by atoms with Crippen LogP contribution in [-0.2, 0) is 9.47 Å². The molecule has 0 bridgehead atoms. The lowest BCUT2D eigenvalue weighted by Gasteiger charge is -2.26. The molecule has 0 aromatic heterocycles. The first kappa shape index (κ1) is 23.1. The van der Waals surface area contributed by atoms with Gasteiger partial charge in [0.1, 0.15) is 0 Å². The summed E-state index contributed by atoms with van der Waals surface area (Å²) in [4.78, 5) is 4.74. The van der Waals surface area contributed by atoms with Crippen molar-refractivity contribution < 1.29 is 9.47 Å². The zero-order chi connectivity index (χ0) is 21.0. The van der Waals surface area contributed by atoms with Crippen molar-refractivity contribution in [3.63, 3.8) is 0 Å². The number of thiocarbonyl (C=S) groups is 2. The van der Waals surface area contributed by atoms with Crippen LogP contribution in [0.3, 0.4) is 0 Å². The van der Waals surface area contributed by atoms with Gasteiger partial charge in [0.05, 0.1) is 26.4 Å². The molecule has 2 heterocycles. The van der Waals surface area contributed by atoms with E-state index >= 15 is 0 Å². The Bertz CT molecular complexity index is 607. The van der Waals surface area contributed by atoms with Crippen LogP contribution in [0.1, 0.15) is 0 Å². The maximum absolute atomic E-state index is 5.38. The SMILES string of the molecule is S=C(NCCN1CCOCC1)Nc1ccc(NC(=S)NCCN2CCOCC2)cc1. The molecule has 0 amide bonds. The van der Waals surface area contributed by atoms with Crippen molar-refractivity contribution in [2.24, 2.45) is 0 Å². The van der Waals surface area contributed by atoms with E-state index in [1.54, 1.807) is 0 Å². The van der Waals surface area contributed by atoms with Crippen molar-refractivity contribution in [2.75, 3.05) is 89.4 Å². The quantitative estimate of drug-likeness (QED) is 0.428. The van der Waals surface area contributed by atoms with Crippen molar-refractivity contribution in [3.05, 3.63) is 24.3 Å². The number of rotatable bonds is 8. The molecule has 1 aromatic carbocycles. The van der Waals surface area contributed by atoms with E-state index in [1.165, 1.54) is 0 Å². The molecular formula is C20H32N6O2S2. The Morgan fingerprint density at radius 1 is 0.700 bits per heavy atom. The van der Waals surface area contributed by atoms with Crippen LogP contribution in [0.15, 0.2) is 24.3 Å². The highest BCUT2D eigenvalue weighted by atomic mass is 32.1. The fourth-order valence-corrected chi connectivity index (χ4v) is 3.73. The van der Waals surface area contributed by atoms with E-state index in [-0.39, 0.29) is 0 Å². The van der Waals surface area contributed by atoms with Crippen molar-refractivity contribution in [2.45, 2.75) is 0 Å². The van der Waals surface area contributed by atoms with E-state index in [9.17, 15) is 0 Å². The molecule has 1 aromatic rings. The van der Waals surface area contributed by atoms with E-state index in [0.29, 0.717) is 10.2 Å². The van der Waals surface area contributed by atoms with Gasteiger partial charge >= 0.3 is 0 Å². The topological polar surface area (TPSA) is 73.1 Å². The van der Waals surface area contributed by atoms with E-state index in [4.69, 9.17) is 33.9 Å². The Morgan fingerprint density at radius 2 is 1.07 bits per heavy atom. The van der Waals surface area contributed by atoms with Crippen LogP contribution in [0.5, 0.6) is 0 Å². The number of morpholine rings is 2. The van der Waals surface area contributed by atoms with Crippen molar-refractivity contribution in [3.8, 4) is 0 Å². The highest BCUT2D eigenvalue weighted by molar-refractivity contribution is 7.80. The average Bonchev–Trinajstić information content (AvgIpc) is 2.77. The molecule has 10 heteroatoms. The molecule has 2 aliphatic rings. The normalized spacial score (nSPS) is 17.9. The lowest BCUT2D eigenvalue weighted by Crippen LogP contribution is -2.42. The van der Waals surface area contributed by atoms with Gasteiger partial charge in [0.25, 0.3) is 0 Å². The number of hydrogen-bond acceptors (Lipinski definition) is 6. The third-order valence-electron chi connectivity index (χ3n) is 5.04. The average molecular weight is 453 g/mol. The van der Waals surface area contributed by atoms with Gasteiger partial charge in [-0.2, -0.15) is 0 Å². The minimum Gasteiger partial charge on any atom is -0.379 e. The standard InChI is InChI=1S/C20H32N6O2S2/c29-19(21-5-7-25-9-13-27-14-10-25)23-17-1-2-18(4-3-17)24-20(30)22-6-8-26-11-15-28-16-12-26/h1-4H,5-16H2,(H2,21,23,29)(H2,22,24,30). The van der Waals surface area contributed by atoms with Crippen LogP contribution in [0.4, 0.5) is 11.4 Å². The molecule has 0 spiro atoms. The molecule has 2 fully saturated rings. The van der Waals surface area contributed by atoms with Crippen molar-refractivity contribution >= 4 is 46.0 Å². The molecule has 30 heavy (non-hydrogen) atoms. The van der Waals surface area contributed by atoms with Gasteiger partial charge in [-0.1, -0.05) is 0 Å². The van der Waals surface area contributed by atoms with Gasteiger partial charge in [0, 0.05) is 63.7 Å². The summed E-state index contributed by atoms with van der Waals surface area (Å²) >= 11 is 10.8. The fourth-order valence-electron chi connectivity index (χ4n) is 3.29. The monoisotopic (exact) mass is 452 g/mol. The molecule has 0 unspecified atom stereocenters. The van der Waals surface area contributed by atoms with Gasteiger partial charge < -0.3 is 30.7 Å². The second-order valence-electron chi connectivity index (χ2n) is 7.25. The first-order chi connectivity index (χ1) is 14.7. The lowest BCUT2D eigenvalue weighted by atomic mass is 10.3. The Hall–Kier alpha value is -1.56. The number of hydrogen-bond donors (Lipinski definition) is 4. The highest BCUT2D eigenvalue weighted by Gasteiger charge is 2.10. The first-order valence-corrected chi connectivity index (χ1v) is 11.3. The van der Waals surface area contributed by atoms with Crippen molar-refractivity contribution in [1.82, 2.24) is 20.4 Å². The summed E-state index contributed by atoms with van der Waals surface area (Å²) in [5.74, 6) is 0. The molecule has 0 radical (unpaired) electrons. The van der Waals surface area contributed by atoms with E-state index in [1.807, 2.05) is 24.3 Å². The zero-order valence-corrected chi connectivity index (χ0v) is 19.0.